The maximum Gasteiger partial charge on any atom is 0.416 e. The lowest BCUT2D eigenvalue weighted by Crippen LogP contribution is -2.50. The number of aliphatic carboxylic acids is 1. The summed E-state index contributed by atoms with van der Waals surface area (Å²) in [4.78, 5) is 65.9. The number of anilines is 2. The van der Waals surface area contributed by atoms with E-state index < -0.39 is 141 Å². The number of amides is 2. The Kier molecular flexibility index (Phi) is 26.1. The molecule has 1 N–H and O–H groups in total. The molecular weight excluding hydrogens is 1420 g/mol. The molecule has 6 aliphatic rings. The molecule has 4 aromatic heterocycles. The topological polar surface area (TPSA) is 346 Å². The lowest BCUT2D eigenvalue weighted by Gasteiger charge is -2.36. The van der Waals surface area contributed by atoms with Gasteiger partial charge in [-0.3, -0.25) is 18.9 Å². The Labute approximate surface area is 604 Å². The van der Waals surface area contributed by atoms with Crippen LogP contribution in [0.2, 0.25) is 10.6 Å². The highest BCUT2D eigenvalue weighted by Gasteiger charge is 2.65. The average molecular weight is 1520 g/mol. The zero-order valence-corrected chi connectivity index (χ0v) is 64.5. The van der Waals surface area contributed by atoms with E-state index in [-0.39, 0.29) is 62.3 Å². The van der Waals surface area contributed by atoms with Gasteiger partial charge in [0.1, 0.15) is 71.1 Å². The Hall–Kier alpha value is -4.80. The fourth-order valence-electron chi connectivity index (χ4n) is 13.7. The molecule has 8 heterocycles. The summed E-state index contributed by atoms with van der Waals surface area (Å²) in [5.41, 5.74) is 0.557. The van der Waals surface area contributed by atoms with Crippen LogP contribution in [0.15, 0.2) is 24.3 Å². The second-order valence-corrected chi connectivity index (χ2v) is 33.3. The summed E-state index contributed by atoms with van der Waals surface area (Å²) in [6, 6.07) is 6.85. The maximum atomic E-state index is 14.3. The molecule has 6 fully saturated rings. The van der Waals surface area contributed by atoms with E-state index in [1.54, 1.807) is 126 Å². The maximum absolute atomic E-state index is 14.3. The van der Waals surface area contributed by atoms with E-state index in [0.717, 1.165) is 51.4 Å². The van der Waals surface area contributed by atoms with E-state index in [0.29, 0.717) is 34.1 Å². The van der Waals surface area contributed by atoms with Crippen LogP contribution in [-0.4, -0.2) is 214 Å². The van der Waals surface area contributed by atoms with Gasteiger partial charge in [0.2, 0.25) is 10.6 Å². The van der Waals surface area contributed by atoms with Crippen LogP contribution in [0.3, 0.4) is 0 Å². The van der Waals surface area contributed by atoms with Gasteiger partial charge in [0.15, 0.2) is 23.2 Å². The Balaban J connectivity index is 0.000000237. The van der Waals surface area contributed by atoms with Crippen molar-refractivity contribution in [2.75, 3.05) is 83.5 Å². The highest BCUT2D eigenvalue weighted by atomic mass is 35.5. The molecule has 4 aliphatic heterocycles. The van der Waals surface area contributed by atoms with Crippen molar-refractivity contribution in [3.05, 3.63) is 46.2 Å². The first-order valence-corrected chi connectivity index (χ1v) is 38.5. The minimum absolute atomic E-state index is 0.0243. The van der Waals surface area contributed by atoms with Crippen molar-refractivity contribution in [1.82, 2.24) is 29.2 Å². The number of carboxylic acid groups (broad SMARTS) is 1. The van der Waals surface area contributed by atoms with Crippen LogP contribution in [-0.2, 0) is 98.4 Å². The van der Waals surface area contributed by atoms with Gasteiger partial charge in [0.05, 0.1) is 70.8 Å². The minimum Gasteiger partial charge on any atom is -0.479 e. The van der Waals surface area contributed by atoms with Crippen molar-refractivity contribution in [3.8, 4) is 0 Å². The van der Waals surface area contributed by atoms with Crippen LogP contribution in [0.25, 0.3) is 11.0 Å². The highest BCUT2D eigenvalue weighted by molar-refractivity contribution is 7.57. The Bertz CT molecular complexity index is 3670. The summed E-state index contributed by atoms with van der Waals surface area (Å²) < 4.78 is 132. The Morgan fingerprint density at radius 2 is 0.922 bits per heavy atom. The molecule has 0 aromatic carbocycles. The zero-order chi connectivity index (χ0) is 74.7. The van der Waals surface area contributed by atoms with Gasteiger partial charge in [-0.1, -0.05) is 25.7 Å². The number of rotatable bonds is 29. The Morgan fingerprint density at radius 3 is 1.26 bits per heavy atom. The third-order valence-corrected chi connectivity index (χ3v) is 22.9. The van der Waals surface area contributed by atoms with Crippen LogP contribution in [0.5, 0.6) is 0 Å². The second kappa shape index (κ2) is 32.7. The molecule has 10 rings (SSSR count). The molecular formula is C66H100Cl2N8O24P2. The third-order valence-electron chi connectivity index (χ3n) is 17.6. The van der Waals surface area contributed by atoms with Crippen molar-refractivity contribution in [3.63, 3.8) is 0 Å². The van der Waals surface area contributed by atoms with Gasteiger partial charge in [0.25, 0.3) is 10.7 Å². The molecule has 4 aromatic rings. The van der Waals surface area contributed by atoms with E-state index in [2.05, 4.69) is 20.2 Å². The largest absolute Gasteiger partial charge is 0.479 e. The SMILES string of the molecule is CCOC(=O)C(COC)(OC[C@H]1O[C@H](c2ccc3c(N(C(=O)OC(C)(C)C)C4CCCC4)nc(Cl)nn23)[C@@H]2OC(C)(C)O[C@@H]21)P(=O)(OCC)OCC.CCOP(=O)(OCC)C(COC)(OC[C@H]1O[C@H](c2ccc3c(N(C(=O)OC(C)(C)C)C4CCCC4)nc(Cl)nn23)[C@@H]2OC(C)(C)O[C@@H]21)C(=O)O. The first-order valence-electron chi connectivity index (χ1n) is 34.6. The number of hydrogen-bond donors (Lipinski definition) is 1. The van der Waals surface area contributed by atoms with Crippen molar-refractivity contribution >= 4 is 85.2 Å². The molecule has 0 spiro atoms. The number of carboxylic acids is 1. The monoisotopic (exact) mass is 1520 g/mol. The quantitative estimate of drug-likeness (QED) is 0.0300. The number of nitrogens with zero attached hydrogens (tertiary/aromatic N) is 8. The minimum atomic E-state index is -4.44. The van der Waals surface area contributed by atoms with E-state index in [1.807, 2.05) is 20.8 Å². The lowest BCUT2D eigenvalue weighted by molar-refractivity contribution is -0.202. The molecule has 2 amide bonds. The molecule has 0 radical (unpaired) electrons. The number of aromatic nitrogens is 6. The first kappa shape index (κ1) is 81.3. The first-order chi connectivity index (χ1) is 48.0. The molecule has 32 nitrogen and oxygen atoms in total. The smallest absolute Gasteiger partial charge is 0.416 e. The van der Waals surface area contributed by atoms with E-state index in [1.165, 1.54) is 14.2 Å². The molecule has 36 heteroatoms. The summed E-state index contributed by atoms with van der Waals surface area (Å²) in [6.07, 6.45) is -0.352. The van der Waals surface area contributed by atoms with Crippen molar-refractivity contribution in [2.45, 2.75) is 250 Å². The van der Waals surface area contributed by atoms with Crippen LogP contribution < -0.4 is 9.80 Å². The molecule has 2 unspecified atom stereocenters. The van der Waals surface area contributed by atoms with Crippen LogP contribution in [0.1, 0.15) is 179 Å². The van der Waals surface area contributed by atoms with Crippen molar-refractivity contribution in [1.29, 1.82) is 0 Å². The van der Waals surface area contributed by atoms with Gasteiger partial charge in [-0.15, -0.1) is 10.2 Å². The van der Waals surface area contributed by atoms with E-state index in [9.17, 15) is 33.4 Å². The number of hydrogen-bond acceptors (Lipinski definition) is 27. The molecule has 2 aliphatic carbocycles. The van der Waals surface area contributed by atoms with Crippen molar-refractivity contribution < 1.29 is 113 Å². The predicted molar refractivity (Wildman–Crippen MR) is 368 cm³/mol. The highest BCUT2D eigenvalue weighted by Crippen LogP contribution is 2.63. The fourth-order valence-corrected chi connectivity index (χ4v) is 17.9. The van der Waals surface area contributed by atoms with E-state index >= 15 is 0 Å². The molecule has 102 heavy (non-hydrogen) atoms. The van der Waals surface area contributed by atoms with Gasteiger partial charge < -0.3 is 84.8 Å². The number of esters is 1. The van der Waals surface area contributed by atoms with Crippen molar-refractivity contribution in [2.24, 2.45) is 0 Å². The number of ether oxygens (including phenoxy) is 13. The summed E-state index contributed by atoms with van der Waals surface area (Å²) in [6.45, 7) is 23.7. The normalized spacial score (nSPS) is 24.9. The molecule has 4 saturated heterocycles. The van der Waals surface area contributed by atoms with Gasteiger partial charge in [-0.05, 0) is 177 Å². The average Bonchev–Trinajstić information content (AvgIpc) is 1.53. The molecule has 10 atom stereocenters. The number of carbonyl (C=O) groups excluding carboxylic acids is 3. The van der Waals surface area contributed by atoms with Crippen LogP contribution in [0.4, 0.5) is 21.2 Å². The lowest BCUT2D eigenvalue weighted by atomic mass is 10.1. The summed E-state index contributed by atoms with van der Waals surface area (Å²) in [5.74, 6) is -4.01. The standard InChI is InChI=1S/C34H52ClN4O12P.C32H48ClN4O12P/c1-10-44-29(40)34(20-43-9,52(42,46-11-2)47-12-3)45-19-24-26-27(50-33(7,8)49-26)25(48-24)22-17-18-23-28(36-30(35)37-39(22)23)38(21-15-13-14-16-21)31(41)51-32(4,5)6;1-9-44-50(41,45-10-2)32(18-42-8,27(38)39)43-17-22-24-25(48-31(6,7)47-24)23(46-22)20-15-16-21-26(34-28(33)35-37(20)21)36(19-13-11-12-14-19)29(40)49-30(3,4)5/h17-18,21,24-27H,10-16,19-20H2,1-9H3;15-16,19,22-25H,9-14,17-18H2,1-8H3,(H,38,39)/t24-,25-,26-,27+,34?;22-,23-,24-,25+,32?/m11/s1. The predicted octanol–water partition coefficient (Wildman–Crippen LogP) is 12.0. The Morgan fingerprint density at radius 1 is 0.569 bits per heavy atom. The molecule has 572 valence electrons. The number of methoxy groups -OCH3 is 2. The summed E-state index contributed by atoms with van der Waals surface area (Å²) >= 11 is 13.1. The molecule has 2 saturated carbocycles. The van der Waals surface area contributed by atoms with Crippen LogP contribution >= 0.6 is 38.4 Å². The summed E-state index contributed by atoms with van der Waals surface area (Å²) in [7, 11) is -6.20. The summed E-state index contributed by atoms with van der Waals surface area (Å²) in [5, 5.41) is 14.4. The third kappa shape index (κ3) is 17.1. The van der Waals surface area contributed by atoms with Gasteiger partial charge >= 0.3 is 39.3 Å². The second-order valence-electron chi connectivity index (χ2n) is 28.2. The van der Waals surface area contributed by atoms with Crippen LogP contribution in [0, 0.1) is 0 Å². The number of fused-ring (bicyclic) bond motifs is 4. The van der Waals surface area contributed by atoms with Gasteiger partial charge in [-0.2, -0.15) is 9.97 Å². The van der Waals surface area contributed by atoms with Gasteiger partial charge in [0, 0.05) is 26.3 Å². The number of carbonyl (C=O) groups is 4. The van der Waals surface area contributed by atoms with E-state index in [4.69, 9.17) is 103 Å². The fraction of sp³-hybridized carbons (Fsp3) is 0.758. The van der Waals surface area contributed by atoms with Gasteiger partial charge in [-0.25, -0.2) is 28.2 Å². The number of halogens is 2. The molecule has 0 bridgehead atoms. The zero-order valence-electron chi connectivity index (χ0n) is 61.2.